The molecule has 4 saturated heterocycles. The van der Waals surface area contributed by atoms with E-state index >= 15 is 0 Å². The quantitative estimate of drug-likeness (QED) is 0.103. The SMILES string of the molecule is COc1ccc(C(OCC2OC(n3ccc(NC4OC4C)nc3=O)CC2O[P@]2OC[C@H]3CCCN32)(c2ccccc2)c2ccc(OC)cc2)cc1. The standard InChI is InChI=1S/C38H43N4O8P/c1-25-36(48-25)39-34-19-21-41(37(43)40-34)35-22-32(50-51-42-20-7-10-29(42)23-47-51)33(49-35)24-46-38(26-8-5-4-6-9-26,27-11-15-30(44-2)16-12-27)28-13-17-31(45-3)18-14-28/h4-6,8-9,11-19,21,25,29,32-33,35-36H,7,10,20,22-24H2,1-3H3,(H,39,40,43)/t25?,29-,32?,33?,35?,36?,51+/m1/s1. The van der Waals surface area contributed by atoms with Crippen LogP contribution in [-0.2, 0) is 28.9 Å². The molecule has 13 heteroatoms. The number of ether oxygens (including phenoxy) is 5. The van der Waals surface area contributed by atoms with Gasteiger partial charge in [-0.15, -0.1) is 0 Å². The first kappa shape index (κ1) is 34.2. The first-order chi connectivity index (χ1) is 24.9. The lowest BCUT2D eigenvalue weighted by molar-refractivity contribution is -0.0919. The van der Waals surface area contributed by atoms with Crippen LogP contribution in [0.25, 0.3) is 0 Å². The lowest BCUT2D eigenvalue weighted by atomic mass is 9.80. The number of benzene rings is 3. The van der Waals surface area contributed by atoms with Crippen LogP contribution in [0.15, 0.2) is 95.9 Å². The molecule has 4 aliphatic heterocycles. The molecule has 7 atom stereocenters. The van der Waals surface area contributed by atoms with Gasteiger partial charge in [-0.1, -0.05) is 54.6 Å². The van der Waals surface area contributed by atoms with Crippen molar-refractivity contribution in [3.05, 3.63) is 118 Å². The molecule has 4 aliphatic rings. The summed E-state index contributed by atoms with van der Waals surface area (Å²) >= 11 is 0. The zero-order chi connectivity index (χ0) is 35.0. The summed E-state index contributed by atoms with van der Waals surface area (Å²) in [6.45, 7) is 3.72. The molecule has 0 spiro atoms. The highest BCUT2D eigenvalue weighted by molar-refractivity contribution is 7.44. The minimum atomic E-state index is -1.27. The Labute approximate surface area is 298 Å². The van der Waals surface area contributed by atoms with Gasteiger partial charge in [0.15, 0.2) is 6.23 Å². The molecular formula is C38H43N4O8P. The molecule has 1 aromatic heterocycles. The Bertz CT molecular complexity index is 1800. The fraction of sp³-hybridized carbons (Fsp3) is 0.421. The number of epoxide rings is 1. The van der Waals surface area contributed by atoms with Gasteiger partial charge in [-0.05, 0) is 66.8 Å². The monoisotopic (exact) mass is 714 g/mol. The van der Waals surface area contributed by atoms with E-state index in [1.807, 2.05) is 73.7 Å². The first-order valence-electron chi connectivity index (χ1n) is 17.5. The summed E-state index contributed by atoms with van der Waals surface area (Å²) in [4.78, 5) is 17.6. The van der Waals surface area contributed by atoms with Crippen LogP contribution in [-0.4, -0.2) is 78.8 Å². The molecule has 268 valence electrons. The Morgan fingerprint density at radius 2 is 1.59 bits per heavy atom. The topological polar surface area (TPSA) is 118 Å². The van der Waals surface area contributed by atoms with Crippen LogP contribution < -0.4 is 20.5 Å². The van der Waals surface area contributed by atoms with Crippen LogP contribution in [0.4, 0.5) is 5.82 Å². The van der Waals surface area contributed by atoms with Crippen molar-refractivity contribution in [2.24, 2.45) is 0 Å². The van der Waals surface area contributed by atoms with Gasteiger partial charge in [0.1, 0.15) is 41.4 Å². The zero-order valence-electron chi connectivity index (χ0n) is 28.9. The Morgan fingerprint density at radius 1 is 0.922 bits per heavy atom. The second kappa shape index (κ2) is 14.6. The van der Waals surface area contributed by atoms with Crippen molar-refractivity contribution in [2.45, 2.75) is 68.6 Å². The number of nitrogens with zero attached hydrogens (tertiary/aromatic N) is 3. The van der Waals surface area contributed by atoms with Crippen molar-refractivity contribution < 1.29 is 32.7 Å². The highest BCUT2D eigenvalue weighted by Gasteiger charge is 2.47. The molecule has 0 bridgehead atoms. The highest BCUT2D eigenvalue weighted by Crippen LogP contribution is 2.55. The summed E-state index contributed by atoms with van der Waals surface area (Å²) < 4.78 is 47.3. The Morgan fingerprint density at radius 3 is 2.22 bits per heavy atom. The van der Waals surface area contributed by atoms with Gasteiger partial charge < -0.3 is 38.0 Å². The van der Waals surface area contributed by atoms with E-state index in [0.29, 0.717) is 24.9 Å². The molecule has 5 unspecified atom stereocenters. The maximum atomic E-state index is 13.4. The number of aromatic nitrogens is 2. The Kier molecular flexibility index (Phi) is 9.82. The largest absolute Gasteiger partial charge is 0.497 e. The van der Waals surface area contributed by atoms with Crippen LogP contribution in [0.1, 0.15) is 49.1 Å². The average Bonchev–Trinajstić information content (AvgIpc) is 3.51. The Balaban J connectivity index is 1.13. The van der Waals surface area contributed by atoms with Gasteiger partial charge in [0.25, 0.3) is 8.53 Å². The number of methoxy groups -OCH3 is 2. The van der Waals surface area contributed by atoms with Crippen LogP contribution in [0, 0.1) is 0 Å². The van der Waals surface area contributed by atoms with Gasteiger partial charge in [-0.3, -0.25) is 4.57 Å². The van der Waals surface area contributed by atoms with E-state index in [2.05, 4.69) is 27.1 Å². The second-order valence-electron chi connectivity index (χ2n) is 13.2. The van der Waals surface area contributed by atoms with E-state index in [9.17, 15) is 4.79 Å². The van der Waals surface area contributed by atoms with Gasteiger partial charge in [0.2, 0.25) is 0 Å². The number of anilines is 1. The molecular weight excluding hydrogens is 671 g/mol. The number of hydrogen-bond donors (Lipinski definition) is 1. The van der Waals surface area contributed by atoms with Gasteiger partial charge >= 0.3 is 5.69 Å². The predicted molar refractivity (Wildman–Crippen MR) is 191 cm³/mol. The van der Waals surface area contributed by atoms with Crippen molar-refractivity contribution in [2.75, 3.05) is 39.3 Å². The number of fused-ring (bicyclic) bond motifs is 1. The van der Waals surface area contributed by atoms with E-state index in [4.69, 9.17) is 32.7 Å². The first-order valence-corrected chi connectivity index (χ1v) is 18.6. The molecule has 3 aromatic carbocycles. The predicted octanol–water partition coefficient (Wildman–Crippen LogP) is 5.82. The minimum Gasteiger partial charge on any atom is -0.497 e. The molecule has 4 fully saturated rings. The number of rotatable bonds is 13. The van der Waals surface area contributed by atoms with Crippen molar-refractivity contribution >= 4 is 14.3 Å². The van der Waals surface area contributed by atoms with Gasteiger partial charge in [0, 0.05) is 25.2 Å². The zero-order valence-corrected chi connectivity index (χ0v) is 29.8. The van der Waals surface area contributed by atoms with Crippen LogP contribution in [0.2, 0.25) is 0 Å². The highest BCUT2D eigenvalue weighted by atomic mass is 31.2. The van der Waals surface area contributed by atoms with E-state index in [1.165, 1.54) is 4.57 Å². The van der Waals surface area contributed by atoms with Crippen molar-refractivity contribution in [3.8, 4) is 11.5 Å². The summed E-state index contributed by atoms with van der Waals surface area (Å²) in [5.74, 6) is 1.94. The molecule has 51 heavy (non-hydrogen) atoms. The second-order valence-corrected chi connectivity index (χ2v) is 14.7. The Hall–Kier alpha value is -3.87. The van der Waals surface area contributed by atoms with Crippen LogP contribution in [0.5, 0.6) is 11.5 Å². The summed E-state index contributed by atoms with van der Waals surface area (Å²) in [5.41, 5.74) is 1.29. The van der Waals surface area contributed by atoms with Gasteiger partial charge in [0.05, 0.1) is 33.5 Å². The maximum Gasteiger partial charge on any atom is 0.351 e. The van der Waals surface area contributed by atoms with Crippen molar-refractivity contribution in [1.29, 1.82) is 0 Å². The fourth-order valence-corrected chi connectivity index (χ4v) is 9.08. The molecule has 0 radical (unpaired) electrons. The molecule has 0 aliphatic carbocycles. The average molecular weight is 715 g/mol. The molecule has 5 heterocycles. The molecule has 1 N–H and O–H groups in total. The third-order valence-electron chi connectivity index (χ3n) is 10.1. The van der Waals surface area contributed by atoms with Gasteiger partial charge in [-0.25, -0.2) is 9.46 Å². The molecule has 8 rings (SSSR count). The normalized spacial score (nSPS) is 27.3. The van der Waals surface area contributed by atoms with Crippen LogP contribution in [0.3, 0.4) is 0 Å². The van der Waals surface area contributed by atoms with E-state index in [-0.39, 0.29) is 18.9 Å². The minimum absolute atomic E-state index is 0.0832. The van der Waals surface area contributed by atoms with E-state index in [1.54, 1.807) is 26.5 Å². The van der Waals surface area contributed by atoms with Crippen molar-refractivity contribution in [3.63, 3.8) is 0 Å². The number of nitrogens with one attached hydrogen (secondary N) is 1. The maximum absolute atomic E-state index is 13.4. The molecule has 0 amide bonds. The summed E-state index contributed by atoms with van der Waals surface area (Å²) in [6.07, 6.45) is 2.75. The smallest absolute Gasteiger partial charge is 0.351 e. The van der Waals surface area contributed by atoms with Crippen LogP contribution >= 0.6 is 8.53 Å². The molecule has 4 aromatic rings. The van der Waals surface area contributed by atoms with Gasteiger partial charge in [-0.2, -0.15) is 4.98 Å². The van der Waals surface area contributed by atoms with E-state index < -0.39 is 38.3 Å². The van der Waals surface area contributed by atoms with Crippen molar-refractivity contribution in [1.82, 2.24) is 14.2 Å². The third-order valence-corrected chi connectivity index (χ3v) is 11.9. The third kappa shape index (κ3) is 6.90. The molecule has 12 nitrogen and oxygen atoms in total. The molecule has 0 saturated carbocycles. The van der Waals surface area contributed by atoms with E-state index in [0.717, 1.165) is 47.6 Å². The summed E-state index contributed by atoms with van der Waals surface area (Å²) in [7, 11) is 2.04. The summed E-state index contributed by atoms with van der Waals surface area (Å²) in [6, 6.07) is 28.2. The lowest BCUT2D eigenvalue weighted by Crippen LogP contribution is -2.38. The lowest BCUT2D eigenvalue weighted by Gasteiger charge is -2.37. The summed E-state index contributed by atoms with van der Waals surface area (Å²) in [5, 5.41) is 3.14. The number of hydrogen-bond acceptors (Lipinski definition) is 11. The fourth-order valence-electron chi connectivity index (χ4n) is 7.24.